The third kappa shape index (κ3) is 4.41. The van der Waals surface area contributed by atoms with Gasteiger partial charge in [0.15, 0.2) is 0 Å². The van der Waals surface area contributed by atoms with Crippen molar-refractivity contribution in [3.8, 4) is 17.0 Å². The van der Waals surface area contributed by atoms with Crippen LogP contribution in [-0.4, -0.2) is 23.3 Å². The summed E-state index contributed by atoms with van der Waals surface area (Å²) >= 11 is 0. The molecule has 0 amide bonds. The maximum Gasteiger partial charge on any atom is 0.150 e. The van der Waals surface area contributed by atoms with Crippen molar-refractivity contribution in [3.05, 3.63) is 71.5 Å². The highest BCUT2D eigenvalue weighted by molar-refractivity contribution is 5.80. The van der Waals surface area contributed by atoms with Crippen molar-refractivity contribution in [1.82, 2.24) is 9.97 Å². The number of hydrazone groups is 1. The number of hydrogen-bond donors (Lipinski definition) is 1. The number of benzene rings is 2. The lowest BCUT2D eigenvalue weighted by Crippen LogP contribution is -1.99. The largest absolute Gasteiger partial charge is 0.497 e. The molecule has 126 valence electrons. The molecule has 25 heavy (non-hydrogen) atoms. The van der Waals surface area contributed by atoms with Crippen LogP contribution in [0.25, 0.3) is 11.3 Å². The molecule has 3 rings (SSSR count). The van der Waals surface area contributed by atoms with Gasteiger partial charge in [-0.2, -0.15) is 5.10 Å². The molecule has 2 aromatic carbocycles. The first-order valence-corrected chi connectivity index (χ1v) is 8.00. The second-order valence-corrected chi connectivity index (χ2v) is 5.69. The number of hydrogen-bond acceptors (Lipinski definition) is 5. The van der Waals surface area contributed by atoms with Gasteiger partial charge in [-0.15, -0.1) is 0 Å². The average molecular weight is 332 g/mol. The fourth-order valence-corrected chi connectivity index (χ4v) is 2.36. The summed E-state index contributed by atoms with van der Waals surface area (Å²) < 4.78 is 5.19. The van der Waals surface area contributed by atoms with E-state index in [-0.39, 0.29) is 0 Å². The number of aryl methyl sites for hydroxylation is 2. The number of ether oxygens (including phenoxy) is 1. The molecule has 0 spiro atoms. The summed E-state index contributed by atoms with van der Waals surface area (Å²) in [6, 6.07) is 17.8. The van der Waals surface area contributed by atoms with E-state index >= 15 is 0 Å². The van der Waals surface area contributed by atoms with Gasteiger partial charge in [-0.3, -0.25) is 5.43 Å². The molecule has 0 radical (unpaired) electrons. The lowest BCUT2D eigenvalue weighted by atomic mass is 10.1. The summed E-state index contributed by atoms with van der Waals surface area (Å²) in [6.45, 7) is 3.92. The molecule has 0 unspecified atom stereocenters. The molecular formula is C20H20N4O. The summed E-state index contributed by atoms with van der Waals surface area (Å²) in [5.74, 6) is 2.15. The van der Waals surface area contributed by atoms with E-state index < -0.39 is 0 Å². The number of methoxy groups -OCH3 is 1. The van der Waals surface area contributed by atoms with Gasteiger partial charge in [0.2, 0.25) is 0 Å². The molecule has 3 aromatic rings. The third-order valence-electron chi connectivity index (χ3n) is 3.69. The quantitative estimate of drug-likeness (QED) is 0.561. The van der Waals surface area contributed by atoms with Crippen molar-refractivity contribution in [1.29, 1.82) is 0 Å². The molecule has 0 saturated carbocycles. The van der Waals surface area contributed by atoms with Gasteiger partial charge >= 0.3 is 0 Å². The predicted molar refractivity (Wildman–Crippen MR) is 101 cm³/mol. The Balaban J connectivity index is 1.77. The van der Waals surface area contributed by atoms with Gasteiger partial charge in [-0.25, -0.2) is 9.97 Å². The van der Waals surface area contributed by atoms with Crippen molar-refractivity contribution in [2.45, 2.75) is 13.8 Å². The molecule has 0 aliphatic carbocycles. The van der Waals surface area contributed by atoms with E-state index in [0.717, 1.165) is 22.6 Å². The Labute approximate surface area is 147 Å². The number of anilines is 1. The van der Waals surface area contributed by atoms with Crippen LogP contribution in [0.15, 0.2) is 59.7 Å². The summed E-state index contributed by atoms with van der Waals surface area (Å²) in [7, 11) is 1.65. The fourth-order valence-electron chi connectivity index (χ4n) is 2.36. The van der Waals surface area contributed by atoms with Crippen LogP contribution in [0.1, 0.15) is 17.0 Å². The zero-order chi connectivity index (χ0) is 17.6. The number of aromatic nitrogens is 2. The van der Waals surface area contributed by atoms with E-state index in [0.29, 0.717) is 11.6 Å². The van der Waals surface area contributed by atoms with Gasteiger partial charge in [0, 0.05) is 11.6 Å². The topological polar surface area (TPSA) is 59.4 Å². The van der Waals surface area contributed by atoms with Gasteiger partial charge in [0.1, 0.15) is 17.4 Å². The van der Waals surface area contributed by atoms with E-state index in [9.17, 15) is 0 Å². The van der Waals surface area contributed by atoms with Crippen molar-refractivity contribution >= 4 is 12.0 Å². The Morgan fingerprint density at radius 2 is 1.68 bits per heavy atom. The van der Waals surface area contributed by atoms with Crippen LogP contribution in [0.5, 0.6) is 5.75 Å². The highest BCUT2D eigenvalue weighted by Crippen LogP contribution is 2.22. The van der Waals surface area contributed by atoms with Crippen LogP contribution in [0.4, 0.5) is 5.82 Å². The molecular weight excluding hydrogens is 312 g/mol. The summed E-state index contributed by atoms with van der Waals surface area (Å²) in [5.41, 5.74) is 7.06. The number of nitrogens with zero attached hydrogens (tertiary/aromatic N) is 3. The Kier molecular flexibility index (Phi) is 5.04. The van der Waals surface area contributed by atoms with E-state index in [1.807, 2.05) is 49.4 Å². The Morgan fingerprint density at radius 3 is 2.36 bits per heavy atom. The van der Waals surface area contributed by atoms with Gasteiger partial charge in [-0.05, 0) is 43.7 Å². The van der Waals surface area contributed by atoms with E-state index in [1.54, 1.807) is 13.3 Å². The second-order valence-electron chi connectivity index (χ2n) is 5.69. The Bertz CT molecular complexity index is 871. The van der Waals surface area contributed by atoms with Crippen LogP contribution in [0.2, 0.25) is 0 Å². The zero-order valence-corrected chi connectivity index (χ0v) is 14.5. The highest BCUT2D eigenvalue weighted by atomic mass is 16.5. The molecule has 1 N–H and O–H groups in total. The maximum absolute atomic E-state index is 5.19. The zero-order valence-electron chi connectivity index (χ0n) is 14.5. The summed E-state index contributed by atoms with van der Waals surface area (Å²) in [6.07, 6.45) is 1.77. The molecule has 0 fully saturated rings. The monoisotopic (exact) mass is 332 g/mol. The van der Waals surface area contributed by atoms with Crippen molar-refractivity contribution in [2.24, 2.45) is 5.10 Å². The van der Waals surface area contributed by atoms with Crippen LogP contribution in [0, 0.1) is 13.8 Å². The molecule has 0 aliphatic heterocycles. The standard InChI is InChI=1S/C20H20N4O/c1-14-4-6-16(7-5-14)13-21-24-20-12-19(22-15(2)23-20)17-8-10-18(25-3)11-9-17/h4-13H,1-3H3,(H,22,23,24)/b21-13+. The van der Waals surface area contributed by atoms with Crippen molar-refractivity contribution in [2.75, 3.05) is 12.5 Å². The van der Waals surface area contributed by atoms with Crippen molar-refractivity contribution in [3.63, 3.8) is 0 Å². The minimum absolute atomic E-state index is 0.654. The minimum atomic E-state index is 0.654. The summed E-state index contributed by atoms with van der Waals surface area (Å²) in [5, 5.41) is 4.26. The first-order chi connectivity index (χ1) is 12.1. The fraction of sp³-hybridized carbons (Fsp3) is 0.150. The molecule has 1 heterocycles. The molecule has 0 aliphatic rings. The lowest BCUT2D eigenvalue weighted by molar-refractivity contribution is 0.415. The molecule has 5 nitrogen and oxygen atoms in total. The molecule has 0 saturated heterocycles. The maximum atomic E-state index is 5.19. The second kappa shape index (κ2) is 7.57. The molecule has 0 bridgehead atoms. The minimum Gasteiger partial charge on any atom is -0.497 e. The number of rotatable bonds is 5. The molecule has 5 heteroatoms. The van der Waals surface area contributed by atoms with Gasteiger partial charge < -0.3 is 4.74 Å². The highest BCUT2D eigenvalue weighted by Gasteiger charge is 2.04. The van der Waals surface area contributed by atoms with Crippen LogP contribution >= 0.6 is 0 Å². The van der Waals surface area contributed by atoms with Crippen LogP contribution in [0.3, 0.4) is 0 Å². The smallest absolute Gasteiger partial charge is 0.150 e. The van der Waals surface area contributed by atoms with Crippen molar-refractivity contribution < 1.29 is 4.74 Å². The van der Waals surface area contributed by atoms with Crippen LogP contribution < -0.4 is 10.2 Å². The third-order valence-corrected chi connectivity index (χ3v) is 3.69. The Hall–Kier alpha value is -3.21. The average Bonchev–Trinajstić information content (AvgIpc) is 2.63. The molecule has 1 aromatic heterocycles. The first kappa shape index (κ1) is 16.6. The van der Waals surface area contributed by atoms with Gasteiger partial charge in [-0.1, -0.05) is 29.8 Å². The summed E-state index contributed by atoms with van der Waals surface area (Å²) in [4.78, 5) is 8.87. The lowest BCUT2D eigenvalue weighted by Gasteiger charge is -2.06. The van der Waals surface area contributed by atoms with E-state index in [1.165, 1.54) is 5.56 Å². The first-order valence-electron chi connectivity index (χ1n) is 8.00. The molecule has 0 atom stereocenters. The van der Waals surface area contributed by atoms with Gasteiger partial charge in [0.05, 0.1) is 19.0 Å². The Morgan fingerprint density at radius 1 is 0.960 bits per heavy atom. The normalized spacial score (nSPS) is 10.8. The van der Waals surface area contributed by atoms with E-state index in [4.69, 9.17) is 4.74 Å². The van der Waals surface area contributed by atoms with E-state index in [2.05, 4.69) is 39.6 Å². The SMILES string of the molecule is COc1ccc(-c2cc(N/N=C/c3ccc(C)cc3)nc(C)n2)cc1. The van der Waals surface area contributed by atoms with Gasteiger partial charge in [0.25, 0.3) is 0 Å². The predicted octanol–water partition coefficient (Wildman–Crippen LogP) is 4.22. The number of nitrogens with one attached hydrogen (secondary N) is 1. The van der Waals surface area contributed by atoms with Crippen LogP contribution in [-0.2, 0) is 0 Å².